The molecule has 3 aromatic rings. The van der Waals surface area contributed by atoms with Gasteiger partial charge in [0.2, 0.25) is 0 Å². The van der Waals surface area contributed by atoms with Gasteiger partial charge in [-0.2, -0.15) is 0 Å². The summed E-state index contributed by atoms with van der Waals surface area (Å²) >= 11 is 0. The highest BCUT2D eigenvalue weighted by molar-refractivity contribution is 5.91. The first-order valence-corrected chi connectivity index (χ1v) is 11.6. The molecule has 182 valence electrons. The summed E-state index contributed by atoms with van der Waals surface area (Å²) in [6.07, 6.45) is 7.87. The zero-order chi connectivity index (χ0) is 24.1. The maximum atomic E-state index is 11.3. The van der Waals surface area contributed by atoms with Crippen molar-refractivity contribution < 1.29 is 9.53 Å². The Bertz CT molecular complexity index is 977. The van der Waals surface area contributed by atoms with Gasteiger partial charge >= 0.3 is 0 Å². The summed E-state index contributed by atoms with van der Waals surface area (Å²) in [5.74, 6) is 1.01. The van der Waals surface area contributed by atoms with Gasteiger partial charge < -0.3 is 9.30 Å². The van der Waals surface area contributed by atoms with Crippen molar-refractivity contribution in [3.8, 4) is 5.75 Å². The standard InChI is InChI=1S/C14H17NO2.C9H10.C6H14.CH4/c1-9(16)7-12-10(2)15(3)14-6-5-11(17-4)8-13(12)14;1-3-9-6-4-8(2)5-7-9;1-3-5-6-4-2;/h5-6,8H,7H2,1-4H3;3-7H,1H2,2H3;3-6H2,1-2H3;1H4. The summed E-state index contributed by atoms with van der Waals surface area (Å²) in [4.78, 5) is 11.3. The molecule has 3 nitrogen and oxygen atoms in total. The number of carbonyl (C=O) groups excluding carboxylic acids is 1. The molecular formula is C30H45NO2. The molecule has 0 radical (unpaired) electrons. The van der Waals surface area contributed by atoms with E-state index in [9.17, 15) is 4.79 Å². The van der Waals surface area contributed by atoms with Crippen LogP contribution in [0.5, 0.6) is 5.75 Å². The van der Waals surface area contributed by atoms with Crippen LogP contribution in [0.4, 0.5) is 0 Å². The normalized spacial score (nSPS) is 9.67. The third-order valence-electron chi connectivity index (χ3n) is 5.53. The molecule has 1 aromatic heterocycles. The Morgan fingerprint density at radius 2 is 1.61 bits per heavy atom. The predicted octanol–water partition coefficient (Wildman–Crippen LogP) is 8.49. The van der Waals surface area contributed by atoms with Crippen molar-refractivity contribution in [3.63, 3.8) is 0 Å². The number of aryl methyl sites for hydroxylation is 2. The van der Waals surface area contributed by atoms with Crippen molar-refractivity contribution in [1.82, 2.24) is 4.57 Å². The van der Waals surface area contributed by atoms with Crippen molar-refractivity contribution >= 4 is 22.8 Å². The van der Waals surface area contributed by atoms with Crippen LogP contribution in [0.15, 0.2) is 49.0 Å². The fourth-order valence-electron chi connectivity index (χ4n) is 3.43. The number of carbonyl (C=O) groups is 1. The lowest BCUT2D eigenvalue weighted by Crippen LogP contribution is -1.99. The number of hydrogen-bond acceptors (Lipinski definition) is 2. The zero-order valence-electron chi connectivity index (χ0n) is 21.1. The highest BCUT2D eigenvalue weighted by Gasteiger charge is 2.13. The molecule has 0 unspecified atom stereocenters. The van der Waals surface area contributed by atoms with E-state index >= 15 is 0 Å². The van der Waals surface area contributed by atoms with E-state index in [1.165, 1.54) is 36.8 Å². The molecule has 3 heteroatoms. The molecule has 0 saturated heterocycles. The smallest absolute Gasteiger partial charge is 0.134 e. The van der Waals surface area contributed by atoms with Crippen molar-refractivity contribution in [2.45, 2.75) is 74.1 Å². The van der Waals surface area contributed by atoms with Gasteiger partial charge in [-0.1, -0.05) is 89.4 Å². The lowest BCUT2D eigenvalue weighted by Gasteiger charge is -2.01. The molecule has 0 aliphatic heterocycles. The second-order valence-electron chi connectivity index (χ2n) is 8.21. The summed E-state index contributed by atoms with van der Waals surface area (Å²) in [5, 5.41) is 1.11. The monoisotopic (exact) mass is 451 g/mol. The third-order valence-corrected chi connectivity index (χ3v) is 5.53. The second kappa shape index (κ2) is 15.9. The van der Waals surface area contributed by atoms with Crippen LogP contribution >= 0.6 is 0 Å². The number of Topliss-reactive ketones (excluding diaryl/α,β-unsaturated/α-hetero) is 1. The summed E-state index contributed by atoms with van der Waals surface area (Å²) in [6, 6.07) is 14.3. The quantitative estimate of drug-likeness (QED) is 0.337. The van der Waals surface area contributed by atoms with Gasteiger partial charge in [-0.15, -0.1) is 0 Å². The molecule has 0 atom stereocenters. The Morgan fingerprint density at radius 3 is 2.06 bits per heavy atom. The van der Waals surface area contributed by atoms with E-state index in [0.717, 1.165) is 27.9 Å². The zero-order valence-corrected chi connectivity index (χ0v) is 21.1. The van der Waals surface area contributed by atoms with Gasteiger partial charge in [-0.3, -0.25) is 4.79 Å². The molecular weight excluding hydrogens is 406 g/mol. The van der Waals surface area contributed by atoms with Gasteiger partial charge in [-0.05, 0) is 50.1 Å². The fourth-order valence-corrected chi connectivity index (χ4v) is 3.43. The average Bonchev–Trinajstić information content (AvgIpc) is 3.03. The highest BCUT2D eigenvalue weighted by Crippen LogP contribution is 2.29. The van der Waals surface area contributed by atoms with Crippen LogP contribution in [0.1, 0.15) is 76.3 Å². The van der Waals surface area contributed by atoms with Crippen LogP contribution in [0.2, 0.25) is 0 Å². The minimum Gasteiger partial charge on any atom is -0.497 e. The van der Waals surface area contributed by atoms with Gasteiger partial charge in [-0.25, -0.2) is 0 Å². The number of fused-ring (bicyclic) bond motifs is 1. The molecule has 0 fully saturated rings. The Balaban J connectivity index is 0.000000539. The van der Waals surface area contributed by atoms with Crippen LogP contribution in [0, 0.1) is 13.8 Å². The molecule has 0 amide bonds. The molecule has 0 saturated carbocycles. The largest absolute Gasteiger partial charge is 0.497 e. The minimum atomic E-state index is 0. The second-order valence-corrected chi connectivity index (χ2v) is 8.21. The molecule has 0 N–H and O–H groups in total. The molecule has 0 aliphatic carbocycles. The number of unbranched alkanes of at least 4 members (excludes halogenated alkanes) is 3. The number of benzene rings is 2. The number of aromatic nitrogens is 1. The third kappa shape index (κ3) is 9.69. The van der Waals surface area contributed by atoms with Crippen molar-refractivity contribution in [2.75, 3.05) is 7.11 Å². The van der Waals surface area contributed by atoms with E-state index < -0.39 is 0 Å². The Hall–Kier alpha value is -2.81. The Morgan fingerprint density at radius 1 is 1.03 bits per heavy atom. The summed E-state index contributed by atoms with van der Waals surface area (Å²) < 4.78 is 7.36. The van der Waals surface area contributed by atoms with Gasteiger partial charge in [0.25, 0.3) is 0 Å². The molecule has 33 heavy (non-hydrogen) atoms. The van der Waals surface area contributed by atoms with Crippen molar-refractivity contribution in [1.29, 1.82) is 0 Å². The van der Waals surface area contributed by atoms with Crippen LogP contribution in [0.3, 0.4) is 0 Å². The summed E-state index contributed by atoms with van der Waals surface area (Å²) in [7, 11) is 3.68. The van der Waals surface area contributed by atoms with E-state index in [1.807, 2.05) is 38.2 Å². The van der Waals surface area contributed by atoms with E-state index in [2.05, 4.69) is 56.2 Å². The number of ether oxygens (including phenoxy) is 1. The number of ketones is 1. The van der Waals surface area contributed by atoms with Crippen LogP contribution in [-0.2, 0) is 18.3 Å². The fraction of sp³-hybridized carbons (Fsp3) is 0.433. The first-order chi connectivity index (χ1) is 15.3. The number of methoxy groups -OCH3 is 1. The molecule has 0 aliphatic rings. The first-order valence-electron chi connectivity index (χ1n) is 11.6. The number of hydrogen-bond donors (Lipinski definition) is 0. The van der Waals surface area contributed by atoms with Crippen LogP contribution in [-0.4, -0.2) is 17.5 Å². The van der Waals surface area contributed by atoms with Gasteiger partial charge in [0.15, 0.2) is 0 Å². The molecule has 1 heterocycles. The number of rotatable bonds is 7. The predicted molar refractivity (Wildman–Crippen MR) is 146 cm³/mol. The van der Waals surface area contributed by atoms with E-state index in [4.69, 9.17) is 4.74 Å². The maximum Gasteiger partial charge on any atom is 0.134 e. The highest BCUT2D eigenvalue weighted by atomic mass is 16.5. The van der Waals surface area contributed by atoms with E-state index in [1.54, 1.807) is 14.0 Å². The van der Waals surface area contributed by atoms with Gasteiger partial charge in [0, 0.05) is 30.1 Å². The first kappa shape index (κ1) is 30.2. The molecule has 2 aromatic carbocycles. The average molecular weight is 452 g/mol. The molecule has 3 rings (SSSR count). The summed E-state index contributed by atoms with van der Waals surface area (Å²) in [6.45, 7) is 13.9. The van der Waals surface area contributed by atoms with Gasteiger partial charge in [0.1, 0.15) is 11.5 Å². The summed E-state index contributed by atoms with van der Waals surface area (Å²) in [5.41, 5.74) is 5.86. The minimum absolute atomic E-state index is 0. The lowest BCUT2D eigenvalue weighted by atomic mass is 10.1. The topological polar surface area (TPSA) is 31.2 Å². The van der Waals surface area contributed by atoms with Crippen molar-refractivity contribution in [2.24, 2.45) is 7.05 Å². The molecule has 0 bridgehead atoms. The van der Waals surface area contributed by atoms with Crippen LogP contribution < -0.4 is 4.74 Å². The van der Waals surface area contributed by atoms with Crippen LogP contribution in [0.25, 0.3) is 17.0 Å². The Kier molecular flexibility index (Phi) is 14.6. The van der Waals surface area contributed by atoms with E-state index in [-0.39, 0.29) is 13.2 Å². The SMILES string of the molecule is C.C=Cc1ccc(C)cc1.CCCCCC.COc1ccc2c(c1)c(CC(C)=O)c(C)n2C. The van der Waals surface area contributed by atoms with Crippen molar-refractivity contribution in [3.05, 3.63) is 71.4 Å². The maximum absolute atomic E-state index is 11.3. The lowest BCUT2D eigenvalue weighted by molar-refractivity contribution is -0.116. The van der Waals surface area contributed by atoms with Gasteiger partial charge in [0.05, 0.1) is 7.11 Å². The molecule has 0 spiro atoms. The number of nitrogens with zero attached hydrogens (tertiary/aromatic N) is 1. The van der Waals surface area contributed by atoms with E-state index in [0.29, 0.717) is 6.42 Å². The Labute approximate surface area is 202 Å².